The van der Waals surface area contributed by atoms with Crippen molar-refractivity contribution in [1.82, 2.24) is 24.6 Å². The van der Waals surface area contributed by atoms with Crippen molar-refractivity contribution in [1.29, 1.82) is 0 Å². The van der Waals surface area contributed by atoms with Gasteiger partial charge in [-0.05, 0) is 36.6 Å². The molecule has 0 bridgehead atoms. The summed E-state index contributed by atoms with van der Waals surface area (Å²) < 4.78 is 21.0. The van der Waals surface area contributed by atoms with Crippen molar-refractivity contribution in [3.05, 3.63) is 63.1 Å². The van der Waals surface area contributed by atoms with Crippen molar-refractivity contribution in [3.63, 3.8) is 0 Å². The summed E-state index contributed by atoms with van der Waals surface area (Å²) in [6.07, 6.45) is 3.24. The minimum absolute atomic E-state index is 0.137. The molecule has 9 nitrogen and oxygen atoms in total. The first kappa shape index (κ1) is 18.0. The Morgan fingerprint density at radius 2 is 1.97 bits per heavy atom. The number of ether oxygens (including phenoxy) is 1. The zero-order valence-electron chi connectivity index (χ0n) is 16.8. The lowest BCUT2D eigenvalue weighted by molar-refractivity contribution is 0.0834. The summed E-state index contributed by atoms with van der Waals surface area (Å²) >= 11 is 0. The van der Waals surface area contributed by atoms with E-state index in [0.717, 1.165) is 35.9 Å². The molecule has 10 heteroatoms. The predicted octanol–water partition coefficient (Wildman–Crippen LogP) is 2.26. The molecule has 4 aromatic rings. The lowest BCUT2D eigenvalue weighted by Gasteiger charge is -2.21. The number of anilines is 1. The summed E-state index contributed by atoms with van der Waals surface area (Å²) in [5.74, 6) is 0.754. The normalized spacial score (nSPS) is 20.2. The van der Waals surface area contributed by atoms with Crippen LogP contribution in [-0.2, 0) is 11.2 Å². The summed E-state index contributed by atoms with van der Waals surface area (Å²) in [7, 11) is 0. The third kappa shape index (κ3) is 2.27. The first-order valence-corrected chi connectivity index (χ1v) is 10.6. The van der Waals surface area contributed by atoms with Crippen LogP contribution in [0.15, 0.2) is 29.2 Å². The summed E-state index contributed by atoms with van der Waals surface area (Å²) in [5, 5.41) is 8.52. The molecule has 1 fully saturated rings. The second-order valence-corrected chi connectivity index (χ2v) is 8.55. The van der Waals surface area contributed by atoms with E-state index in [1.165, 1.54) is 6.07 Å². The Balaban J connectivity index is 1.46. The van der Waals surface area contributed by atoms with Crippen LogP contribution in [0.2, 0.25) is 0 Å². The van der Waals surface area contributed by atoms with Crippen LogP contribution >= 0.6 is 0 Å². The van der Waals surface area contributed by atoms with Crippen LogP contribution in [0.5, 0.6) is 0 Å². The molecule has 6 heterocycles. The lowest BCUT2D eigenvalue weighted by Crippen LogP contribution is -2.24. The largest absolute Gasteiger partial charge is 0.381 e. The number of hydrogen-bond acceptors (Lipinski definition) is 6. The fourth-order valence-corrected chi connectivity index (χ4v) is 5.33. The maximum atomic E-state index is 13.7. The highest BCUT2D eigenvalue weighted by molar-refractivity contribution is 6.13. The second kappa shape index (κ2) is 6.19. The van der Waals surface area contributed by atoms with Crippen molar-refractivity contribution in [2.45, 2.75) is 31.2 Å². The predicted molar refractivity (Wildman–Crippen MR) is 111 cm³/mol. The number of aromatic amines is 1. The van der Waals surface area contributed by atoms with Gasteiger partial charge in [0.25, 0.3) is 11.5 Å². The summed E-state index contributed by atoms with van der Waals surface area (Å²) in [4.78, 5) is 34.6. The van der Waals surface area contributed by atoms with Crippen molar-refractivity contribution >= 4 is 28.4 Å². The van der Waals surface area contributed by atoms with E-state index >= 15 is 0 Å². The molecule has 3 aliphatic rings. The Hall–Kier alpha value is -3.66. The van der Waals surface area contributed by atoms with Gasteiger partial charge >= 0.3 is 0 Å². The molecule has 1 aromatic carbocycles. The number of carbonyl (C=O) groups is 1. The van der Waals surface area contributed by atoms with Crippen LogP contribution in [0.3, 0.4) is 0 Å². The van der Waals surface area contributed by atoms with Crippen molar-refractivity contribution < 1.29 is 13.9 Å². The Morgan fingerprint density at radius 1 is 1.12 bits per heavy atom. The quantitative estimate of drug-likeness (QED) is 0.495. The maximum absolute atomic E-state index is 13.7. The van der Waals surface area contributed by atoms with Crippen LogP contribution < -0.4 is 10.5 Å². The van der Waals surface area contributed by atoms with Gasteiger partial charge in [0.05, 0.1) is 23.3 Å². The number of fused-ring (bicyclic) bond motifs is 8. The van der Waals surface area contributed by atoms with Crippen LogP contribution in [0.4, 0.5) is 10.2 Å². The number of carbonyl (C=O) groups excluding carboxylic acids is 1. The fraction of sp³-hybridized carbons (Fsp3) is 0.318. The second-order valence-electron chi connectivity index (χ2n) is 8.55. The minimum Gasteiger partial charge on any atom is -0.381 e. The third-order valence-electron chi connectivity index (χ3n) is 6.81. The van der Waals surface area contributed by atoms with Crippen LogP contribution in [0.1, 0.15) is 52.1 Å². The number of nitrogens with one attached hydrogen (secondary N) is 1. The monoisotopic (exact) mass is 432 g/mol. The first-order chi connectivity index (χ1) is 15.6. The molecule has 1 N–H and O–H groups in total. The first-order valence-electron chi connectivity index (χ1n) is 10.6. The molecule has 160 valence electrons. The third-order valence-corrected chi connectivity index (χ3v) is 6.81. The molecular formula is C22H17FN6O3. The van der Waals surface area contributed by atoms with E-state index in [1.54, 1.807) is 11.0 Å². The topological polar surface area (TPSA) is 105 Å². The highest BCUT2D eigenvalue weighted by Gasteiger charge is 2.44. The molecule has 3 aliphatic heterocycles. The van der Waals surface area contributed by atoms with E-state index in [2.05, 4.69) is 20.2 Å². The van der Waals surface area contributed by atoms with E-state index in [-0.39, 0.29) is 29.1 Å². The zero-order chi connectivity index (χ0) is 21.6. The average molecular weight is 432 g/mol. The number of amides is 1. The molecule has 0 saturated carbocycles. The van der Waals surface area contributed by atoms with Gasteiger partial charge in [-0.1, -0.05) is 0 Å². The van der Waals surface area contributed by atoms with E-state index in [1.807, 2.05) is 10.5 Å². The molecule has 1 amide bonds. The van der Waals surface area contributed by atoms with E-state index in [4.69, 9.17) is 4.74 Å². The number of rotatable bonds is 1. The standard InChI is InChI=1S/C22H17FN6O3/c23-12-5-11-6-16-13-8-17-15(7-14(13)22(31)29(16)18(11)24-9-12)25-21(30)20-27-26-19(28(17)20)10-1-3-32-4-2-10/h5,7-10,16H,1-4,6H2,(H,25,30). The highest BCUT2D eigenvalue weighted by atomic mass is 19.1. The molecule has 1 saturated heterocycles. The fourth-order valence-electron chi connectivity index (χ4n) is 5.33. The Morgan fingerprint density at radius 3 is 2.81 bits per heavy atom. The maximum Gasteiger partial charge on any atom is 0.294 e. The number of halogens is 1. The Kier molecular flexibility index (Phi) is 3.48. The van der Waals surface area contributed by atoms with Gasteiger partial charge in [0.15, 0.2) is 0 Å². The van der Waals surface area contributed by atoms with Crippen molar-refractivity contribution in [3.8, 4) is 0 Å². The Labute approximate surface area is 179 Å². The summed E-state index contributed by atoms with van der Waals surface area (Å²) in [6.45, 7) is 1.28. The molecule has 0 radical (unpaired) electrons. The Bertz CT molecular complexity index is 1520. The van der Waals surface area contributed by atoms with Gasteiger partial charge in [0.1, 0.15) is 17.5 Å². The van der Waals surface area contributed by atoms with E-state index < -0.39 is 5.82 Å². The molecule has 0 spiro atoms. The molecule has 3 aromatic heterocycles. The molecule has 32 heavy (non-hydrogen) atoms. The van der Waals surface area contributed by atoms with E-state index in [9.17, 15) is 14.0 Å². The van der Waals surface area contributed by atoms with Gasteiger partial charge in [0, 0.05) is 36.7 Å². The van der Waals surface area contributed by atoms with E-state index in [0.29, 0.717) is 42.1 Å². The van der Waals surface area contributed by atoms with Gasteiger partial charge < -0.3 is 9.72 Å². The summed E-state index contributed by atoms with van der Waals surface area (Å²) in [6, 6.07) is 4.84. The smallest absolute Gasteiger partial charge is 0.294 e. The van der Waals surface area contributed by atoms with Gasteiger partial charge in [0.2, 0.25) is 5.65 Å². The van der Waals surface area contributed by atoms with Gasteiger partial charge in [-0.2, -0.15) is 0 Å². The molecule has 1 atom stereocenters. The molecule has 1 unspecified atom stereocenters. The number of benzene rings is 1. The SMILES string of the molecule is O=C1c2cc3[nH]c(=O)c4nnc(C5CCOCC5)n4c3cc2C2Cc3cc(F)cnc3N12. The van der Waals surface area contributed by atoms with Crippen LogP contribution in [0, 0.1) is 5.82 Å². The zero-order valence-corrected chi connectivity index (χ0v) is 16.8. The lowest BCUT2D eigenvalue weighted by atomic mass is 9.98. The molecule has 0 aliphatic carbocycles. The summed E-state index contributed by atoms with van der Waals surface area (Å²) in [5.41, 5.74) is 3.25. The average Bonchev–Trinajstić information content (AvgIpc) is 3.47. The highest BCUT2D eigenvalue weighted by Crippen LogP contribution is 2.46. The number of nitrogens with zero attached hydrogens (tertiary/aromatic N) is 5. The van der Waals surface area contributed by atoms with Gasteiger partial charge in [-0.3, -0.25) is 18.9 Å². The van der Waals surface area contributed by atoms with Gasteiger partial charge in [-0.15, -0.1) is 10.2 Å². The number of aromatic nitrogens is 5. The number of pyridine rings is 1. The molecular weight excluding hydrogens is 415 g/mol. The van der Waals surface area contributed by atoms with Gasteiger partial charge in [-0.25, -0.2) is 9.37 Å². The van der Waals surface area contributed by atoms with Crippen LogP contribution in [-0.4, -0.2) is 43.7 Å². The number of hydrogen-bond donors (Lipinski definition) is 1. The number of H-pyrrole nitrogens is 1. The van der Waals surface area contributed by atoms with Crippen LogP contribution in [0.25, 0.3) is 16.7 Å². The van der Waals surface area contributed by atoms with Crippen molar-refractivity contribution in [2.75, 3.05) is 18.1 Å². The minimum atomic E-state index is -0.416. The van der Waals surface area contributed by atoms with Crippen molar-refractivity contribution in [2.24, 2.45) is 0 Å². The molecule has 7 rings (SSSR count).